The molecule has 0 saturated carbocycles. The Morgan fingerprint density at radius 1 is 1.11 bits per heavy atom. The van der Waals surface area contributed by atoms with E-state index in [4.69, 9.17) is 4.74 Å². The lowest BCUT2D eigenvalue weighted by molar-refractivity contribution is 0.399. The summed E-state index contributed by atoms with van der Waals surface area (Å²) in [6.45, 7) is 7.92. The van der Waals surface area contributed by atoms with Gasteiger partial charge in [-0.25, -0.2) is 8.78 Å². The number of halogens is 2. The van der Waals surface area contributed by atoms with Gasteiger partial charge < -0.3 is 14.8 Å². The number of hydrogen-bond acceptors (Lipinski definition) is 4. The highest BCUT2D eigenvalue weighted by Crippen LogP contribution is 2.35. The number of nitrogens with zero attached hydrogens (tertiary/aromatic N) is 1. The van der Waals surface area contributed by atoms with Gasteiger partial charge in [0.05, 0.1) is 0 Å². The number of hydrogen-bond donors (Lipinski definition) is 2. The summed E-state index contributed by atoms with van der Waals surface area (Å²) in [6, 6.07) is 11.3. The largest absolute Gasteiger partial charge is 0.506 e. The first-order valence-corrected chi connectivity index (χ1v) is 11.6. The fourth-order valence-corrected chi connectivity index (χ4v) is 3.89. The Morgan fingerprint density at radius 2 is 1.89 bits per heavy atom. The molecule has 5 nitrogen and oxygen atoms in total. The van der Waals surface area contributed by atoms with Gasteiger partial charge in [-0.1, -0.05) is 57.2 Å². The third-order valence-electron chi connectivity index (χ3n) is 5.71. The first-order valence-electron chi connectivity index (χ1n) is 11.6. The number of aliphatic imine (C=N–C) groups is 1. The lowest BCUT2D eigenvalue weighted by Crippen LogP contribution is -2.23. The van der Waals surface area contributed by atoms with Crippen LogP contribution in [-0.4, -0.2) is 23.0 Å². The standard InChI is InChI=1S/C28H30F2N2O3/c1-5-7-11-23-24(20-10-8-9-18(6-2)15-20)26(33)25(27(34)32-23)28(31-4)35-17(3)14-19-12-13-21(29)22(30)16-19/h8-10,12-13,15-16H,3,5-7,11,14H2,1-2,4H3,(H2,32,33,34). The smallest absolute Gasteiger partial charge is 0.264 e. The van der Waals surface area contributed by atoms with E-state index in [0.717, 1.165) is 42.5 Å². The molecular weight excluding hydrogens is 450 g/mol. The van der Waals surface area contributed by atoms with E-state index in [0.29, 0.717) is 23.2 Å². The fraction of sp³-hybridized carbons (Fsp3) is 0.286. The van der Waals surface area contributed by atoms with Crippen molar-refractivity contribution in [1.82, 2.24) is 4.98 Å². The zero-order valence-corrected chi connectivity index (χ0v) is 20.3. The topological polar surface area (TPSA) is 74.7 Å². The van der Waals surface area contributed by atoms with Crippen molar-refractivity contribution in [2.45, 2.75) is 46.0 Å². The van der Waals surface area contributed by atoms with E-state index in [2.05, 4.69) is 23.5 Å². The molecule has 184 valence electrons. The highest BCUT2D eigenvalue weighted by molar-refractivity contribution is 5.99. The number of aryl methyl sites for hydroxylation is 2. The van der Waals surface area contributed by atoms with Crippen LogP contribution in [0.5, 0.6) is 5.75 Å². The SMILES string of the molecule is C=C(Cc1ccc(F)c(F)c1)OC(=NC)c1c(O)c(-c2cccc(CC)c2)c(CCCC)[nH]c1=O. The van der Waals surface area contributed by atoms with Crippen molar-refractivity contribution in [2.24, 2.45) is 4.99 Å². The molecule has 0 fully saturated rings. The second-order valence-corrected chi connectivity index (χ2v) is 8.28. The Morgan fingerprint density at radius 3 is 2.54 bits per heavy atom. The third-order valence-corrected chi connectivity index (χ3v) is 5.71. The molecule has 0 unspecified atom stereocenters. The molecule has 2 aromatic carbocycles. The quantitative estimate of drug-likeness (QED) is 0.221. The van der Waals surface area contributed by atoms with E-state index in [9.17, 15) is 18.7 Å². The summed E-state index contributed by atoms with van der Waals surface area (Å²) in [6.07, 6.45) is 3.24. The minimum absolute atomic E-state index is 0.0644. The molecule has 0 aliphatic heterocycles. The molecule has 3 aromatic rings. The first-order chi connectivity index (χ1) is 16.8. The number of H-pyrrole nitrogens is 1. The van der Waals surface area contributed by atoms with Gasteiger partial charge in [-0.2, -0.15) is 0 Å². The molecule has 7 heteroatoms. The number of aromatic hydroxyl groups is 1. The van der Waals surface area contributed by atoms with Crippen LogP contribution in [0.2, 0.25) is 0 Å². The highest BCUT2D eigenvalue weighted by atomic mass is 19.2. The molecule has 2 N–H and O–H groups in total. The van der Waals surface area contributed by atoms with Gasteiger partial charge in [-0.3, -0.25) is 9.79 Å². The van der Waals surface area contributed by atoms with Crippen LogP contribution in [0, 0.1) is 11.6 Å². The van der Waals surface area contributed by atoms with Gasteiger partial charge in [0.15, 0.2) is 11.6 Å². The molecule has 0 aliphatic rings. The monoisotopic (exact) mass is 480 g/mol. The summed E-state index contributed by atoms with van der Waals surface area (Å²) in [4.78, 5) is 20.0. The van der Waals surface area contributed by atoms with Crippen LogP contribution in [0.3, 0.4) is 0 Å². The summed E-state index contributed by atoms with van der Waals surface area (Å²) < 4.78 is 32.5. The maximum atomic E-state index is 13.6. The van der Waals surface area contributed by atoms with Crippen LogP contribution in [0.1, 0.15) is 49.1 Å². The number of pyridine rings is 1. The molecule has 0 radical (unpaired) electrons. The molecule has 1 aromatic heterocycles. The molecule has 0 bridgehead atoms. The minimum atomic E-state index is -0.976. The number of ether oxygens (including phenoxy) is 1. The average molecular weight is 481 g/mol. The lowest BCUT2D eigenvalue weighted by atomic mass is 9.95. The predicted molar refractivity (Wildman–Crippen MR) is 135 cm³/mol. The summed E-state index contributed by atoms with van der Waals surface area (Å²) in [5, 5.41) is 11.3. The number of allylic oxidation sites excluding steroid dienone is 1. The van der Waals surface area contributed by atoms with Gasteiger partial charge in [-0.15, -0.1) is 0 Å². The molecule has 0 spiro atoms. The Balaban J connectivity index is 2.02. The van der Waals surface area contributed by atoms with E-state index in [1.165, 1.54) is 13.1 Å². The van der Waals surface area contributed by atoms with E-state index in [1.807, 2.05) is 31.2 Å². The van der Waals surface area contributed by atoms with Crippen molar-refractivity contribution in [3.63, 3.8) is 0 Å². The van der Waals surface area contributed by atoms with Crippen molar-refractivity contribution in [1.29, 1.82) is 0 Å². The summed E-state index contributed by atoms with van der Waals surface area (Å²) in [7, 11) is 1.43. The molecule has 0 atom stereocenters. The normalized spacial score (nSPS) is 11.5. The van der Waals surface area contributed by atoms with Crippen LogP contribution in [0.15, 0.2) is 64.6 Å². The van der Waals surface area contributed by atoms with Gasteiger partial charge in [0.2, 0.25) is 5.90 Å². The molecule has 35 heavy (non-hydrogen) atoms. The maximum Gasteiger partial charge on any atom is 0.264 e. The molecular formula is C28H30F2N2O3. The van der Waals surface area contributed by atoms with Gasteiger partial charge in [0, 0.05) is 24.7 Å². The second-order valence-electron chi connectivity index (χ2n) is 8.28. The van der Waals surface area contributed by atoms with E-state index < -0.39 is 17.2 Å². The van der Waals surface area contributed by atoms with Gasteiger partial charge >= 0.3 is 0 Å². The highest BCUT2D eigenvalue weighted by Gasteiger charge is 2.24. The second kappa shape index (κ2) is 11.6. The van der Waals surface area contributed by atoms with Gasteiger partial charge in [0.25, 0.3) is 5.56 Å². The van der Waals surface area contributed by atoms with Crippen molar-refractivity contribution in [2.75, 3.05) is 7.05 Å². The average Bonchev–Trinajstić information content (AvgIpc) is 2.84. The van der Waals surface area contributed by atoms with Crippen LogP contribution in [0.4, 0.5) is 8.78 Å². The van der Waals surface area contributed by atoms with Crippen LogP contribution < -0.4 is 5.56 Å². The fourth-order valence-electron chi connectivity index (χ4n) is 3.89. The Labute approximate surface area is 203 Å². The Kier molecular flexibility index (Phi) is 8.58. The Hall–Kier alpha value is -3.74. The van der Waals surface area contributed by atoms with E-state index >= 15 is 0 Å². The number of aromatic nitrogens is 1. The molecule has 0 saturated heterocycles. The molecule has 0 aliphatic carbocycles. The number of nitrogens with one attached hydrogen (secondary N) is 1. The van der Waals surface area contributed by atoms with Gasteiger partial charge in [-0.05, 0) is 48.1 Å². The first kappa shape index (κ1) is 25.9. The zero-order valence-electron chi connectivity index (χ0n) is 20.3. The van der Waals surface area contributed by atoms with Crippen molar-refractivity contribution >= 4 is 5.90 Å². The summed E-state index contributed by atoms with van der Waals surface area (Å²) in [5.74, 6) is -2.12. The third kappa shape index (κ3) is 6.04. The number of unbranched alkanes of at least 4 members (excludes halogenated alkanes) is 1. The molecule has 1 heterocycles. The molecule has 0 amide bonds. The van der Waals surface area contributed by atoms with Crippen LogP contribution >= 0.6 is 0 Å². The zero-order chi connectivity index (χ0) is 25.5. The molecule has 3 rings (SSSR count). The van der Waals surface area contributed by atoms with Crippen molar-refractivity contribution in [3.05, 3.63) is 99.2 Å². The number of benzene rings is 2. The van der Waals surface area contributed by atoms with Crippen molar-refractivity contribution in [3.8, 4) is 16.9 Å². The predicted octanol–water partition coefficient (Wildman–Crippen LogP) is 6.08. The maximum absolute atomic E-state index is 13.6. The number of rotatable bonds is 9. The van der Waals surface area contributed by atoms with E-state index in [1.54, 1.807) is 0 Å². The summed E-state index contributed by atoms with van der Waals surface area (Å²) >= 11 is 0. The van der Waals surface area contributed by atoms with Gasteiger partial charge in [0.1, 0.15) is 17.1 Å². The Bertz CT molecular complexity index is 1310. The van der Waals surface area contributed by atoms with Crippen LogP contribution in [0.25, 0.3) is 11.1 Å². The lowest BCUT2D eigenvalue weighted by Gasteiger charge is -2.17. The van der Waals surface area contributed by atoms with E-state index in [-0.39, 0.29) is 29.4 Å². The van der Waals surface area contributed by atoms with Crippen LogP contribution in [-0.2, 0) is 24.0 Å². The number of aromatic amines is 1. The van der Waals surface area contributed by atoms with Crippen molar-refractivity contribution < 1.29 is 18.6 Å². The summed E-state index contributed by atoms with van der Waals surface area (Å²) in [5.41, 5.74) is 2.83. The minimum Gasteiger partial charge on any atom is -0.506 e.